The van der Waals surface area contributed by atoms with Gasteiger partial charge in [-0.05, 0) is 68.3 Å². The molecule has 1 fully saturated rings. The van der Waals surface area contributed by atoms with Crippen LogP contribution in [0.5, 0.6) is 11.5 Å². The second-order valence-electron chi connectivity index (χ2n) is 9.21. The number of benzene rings is 2. The molecule has 202 valence electrons. The van der Waals surface area contributed by atoms with Crippen LogP contribution in [0, 0.1) is 5.92 Å². The molecule has 0 bridgehead atoms. The first-order chi connectivity index (χ1) is 18.5. The Morgan fingerprint density at radius 3 is 2.63 bits per heavy atom. The van der Waals surface area contributed by atoms with Gasteiger partial charge < -0.3 is 24.1 Å². The molecule has 2 heterocycles. The van der Waals surface area contributed by atoms with Crippen molar-refractivity contribution < 1.29 is 28.3 Å². The third kappa shape index (κ3) is 6.89. The SMILES string of the molecule is CCCCOC(=O)c1ccc(NC(=O)C2CCCN(Cc3nc(-c4ccc(OC)c(OC)c4)no3)C2)cc1. The number of esters is 1. The van der Waals surface area contributed by atoms with Crippen LogP contribution in [0.1, 0.15) is 48.9 Å². The molecule has 0 saturated carbocycles. The van der Waals surface area contributed by atoms with E-state index in [1.165, 1.54) is 0 Å². The summed E-state index contributed by atoms with van der Waals surface area (Å²) in [6, 6.07) is 12.2. The number of unbranched alkanes of at least 4 members (excludes halogenated alkanes) is 1. The third-order valence-corrected chi connectivity index (χ3v) is 6.46. The minimum atomic E-state index is -0.352. The van der Waals surface area contributed by atoms with Gasteiger partial charge in [-0.3, -0.25) is 9.69 Å². The number of aromatic nitrogens is 2. The van der Waals surface area contributed by atoms with Crippen LogP contribution in [0.25, 0.3) is 11.4 Å². The normalized spacial score (nSPS) is 15.6. The van der Waals surface area contributed by atoms with Crippen LogP contribution in [0.3, 0.4) is 0 Å². The van der Waals surface area contributed by atoms with E-state index in [-0.39, 0.29) is 17.8 Å². The van der Waals surface area contributed by atoms with E-state index >= 15 is 0 Å². The van der Waals surface area contributed by atoms with Crippen molar-refractivity contribution in [3.8, 4) is 22.9 Å². The van der Waals surface area contributed by atoms with Crippen LogP contribution in [-0.2, 0) is 16.1 Å². The van der Waals surface area contributed by atoms with Crippen molar-refractivity contribution in [2.45, 2.75) is 39.2 Å². The number of ether oxygens (including phenoxy) is 3. The van der Waals surface area contributed by atoms with Crippen molar-refractivity contribution in [3.63, 3.8) is 0 Å². The first-order valence-corrected chi connectivity index (χ1v) is 12.9. The Kier molecular flexibility index (Phi) is 9.31. The number of carbonyl (C=O) groups is 2. The molecule has 10 nitrogen and oxygen atoms in total. The zero-order valence-corrected chi connectivity index (χ0v) is 22.1. The minimum Gasteiger partial charge on any atom is -0.493 e. The Balaban J connectivity index is 1.31. The van der Waals surface area contributed by atoms with Crippen molar-refractivity contribution in [1.29, 1.82) is 0 Å². The predicted molar refractivity (Wildman–Crippen MR) is 141 cm³/mol. The second-order valence-corrected chi connectivity index (χ2v) is 9.21. The first-order valence-electron chi connectivity index (χ1n) is 12.9. The second kappa shape index (κ2) is 13.0. The lowest BCUT2D eigenvalue weighted by molar-refractivity contribution is -0.121. The Bertz CT molecular complexity index is 1230. The highest BCUT2D eigenvalue weighted by atomic mass is 16.5. The molecule has 2 aromatic carbocycles. The van der Waals surface area contributed by atoms with E-state index in [0.29, 0.717) is 54.2 Å². The number of hydrogen-bond acceptors (Lipinski definition) is 9. The van der Waals surface area contributed by atoms with Crippen molar-refractivity contribution in [3.05, 3.63) is 53.9 Å². The minimum absolute atomic E-state index is 0.0514. The molecule has 0 radical (unpaired) electrons. The van der Waals surface area contributed by atoms with Crippen LogP contribution >= 0.6 is 0 Å². The van der Waals surface area contributed by atoms with Crippen LogP contribution in [0.2, 0.25) is 0 Å². The molecule has 4 rings (SSSR count). The number of carbonyl (C=O) groups excluding carboxylic acids is 2. The molecule has 1 aromatic heterocycles. The summed E-state index contributed by atoms with van der Waals surface area (Å²) < 4.78 is 21.4. The average molecular weight is 523 g/mol. The topological polar surface area (TPSA) is 116 Å². The summed E-state index contributed by atoms with van der Waals surface area (Å²) >= 11 is 0. The molecular formula is C28H34N4O6. The molecule has 1 amide bonds. The number of nitrogens with one attached hydrogen (secondary N) is 1. The number of rotatable bonds is 11. The number of methoxy groups -OCH3 is 2. The molecule has 1 saturated heterocycles. The summed E-state index contributed by atoms with van der Waals surface area (Å²) in [6.07, 6.45) is 3.48. The summed E-state index contributed by atoms with van der Waals surface area (Å²) in [7, 11) is 3.16. The van der Waals surface area contributed by atoms with Crippen molar-refractivity contribution >= 4 is 17.6 Å². The van der Waals surface area contributed by atoms with E-state index in [2.05, 4.69) is 20.4 Å². The van der Waals surface area contributed by atoms with Crippen molar-refractivity contribution in [1.82, 2.24) is 15.0 Å². The molecule has 1 aliphatic rings. The van der Waals surface area contributed by atoms with E-state index < -0.39 is 0 Å². The molecular weight excluding hydrogens is 488 g/mol. The molecule has 0 aliphatic carbocycles. The number of hydrogen-bond donors (Lipinski definition) is 1. The maximum absolute atomic E-state index is 13.0. The third-order valence-electron chi connectivity index (χ3n) is 6.46. The molecule has 1 N–H and O–H groups in total. The fourth-order valence-corrected chi connectivity index (χ4v) is 4.34. The summed E-state index contributed by atoms with van der Waals surface area (Å²) in [5, 5.41) is 7.08. The fraction of sp³-hybridized carbons (Fsp3) is 0.429. The molecule has 3 aromatic rings. The highest BCUT2D eigenvalue weighted by Crippen LogP contribution is 2.31. The quantitative estimate of drug-likeness (QED) is 0.286. The largest absolute Gasteiger partial charge is 0.493 e. The number of nitrogens with zero attached hydrogens (tertiary/aromatic N) is 3. The van der Waals surface area contributed by atoms with E-state index in [9.17, 15) is 9.59 Å². The fourth-order valence-electron chi connectivity index (χ4n) is 4.34. The molecule has 0 spiro atoms. The van der Waals surface area contributed by atoms with Crippen LogP contribution < -0.4 is 14.8 Å². The van der Waals surface area contributed by atoms with E-state index in [1.807, 2.05) is 13.0 Å². The van der Waals surface area contributed by atoms with Crippen LogP contribution in [0.15, 0.2) is 47.0 Å². The summed E-state index contributed by atoms with van der Waals surface area (Å²) in [4.78, 5) is 31.7. The number of anilines is 1. The Labute approximate surface area is 222 Å². The standard InChI is InChI=1S/C28H34N4O6/c1-4-5-15-37-28(34)19-8-11-22(12-9-19)29-27(33)21-7-6-14-32(17-21)18-25-30-26(31-38-25)20-10-13-23(35-2)24(16-20)36-3/h8-13,16,21H,4-7,14-15,17-18H2,1-3H3,(H,29,33). The smallest absolute Gasteiger partial charge is 0.338 e. The maximum Gasteiger partial charge on any atom is 0.338 e. The Morgan fingerprint density at radius 1 is 1.11 bits per heavy atom. The molecule has 38 heavy (non-hydrogen) atoms. The van der Waals surface area contributed by atoms with Crippen molar-refractivity contribution in [2.24, 2.45) is 5.92 Å². The maximum atomic E-state index is 13.0. The summed E-state index contributed by atoms with van der Waals surface area (Å²) in [6.45, 7) is 4.33. The predicted octanol–water partition coefficient (Wildman–Crippen LogP) is 4.56. The Hall–Kier alpha value is -3.92. The van der Waals surface area contributed by atoms with Gasteiger partial charge in [-0.15, -0.1) is 0 Å². The van der Waals surface area contributed by atoms with E-state index in [4.69, 9.17) is 18.7 Å². The van der Waals surface area contributed by atoms with Gasteiger partial charge in [-0.25, -0.2) is 4.79 Å². The lowest BCUT2D eigenvalue weighted by atomic mass is 9.97. The molecule has 1 unspecified atom stereocenters. The van der Waals surface area contributed by atoms with Gasteiger partial charge >= 0.3 is 5.97 Å². The number of amides is 1. The zero-order valence-electron chi connectivity index (χ0n) is 22.1. The highest BCUT2D eigenvalue weighted by Gasteiger charge is 2.27. The Morgan fingerprint density at radius 2 is 1.89 bits per heavy atom. The summed E-state index contributed by atoms with van der Waals surface area (Å²) in [5.41, 5.74) is 1.87. The van der Waals surface area contributed by atoms with Gasteiger partial charge in [0.05, 0.1) is 38.9 Å². The first kappa shape index (κ1) is 27.1. The molecule has 1 aliphatic heterocycles. The van der Waals surface area contributed by atoms with Crippen LogP contribution in [-0.4, -0.2) is 60.8 Å². The summed E-state index contributed by atoms with van der Waals surface area (Å²) in [5.74, 6) is 1.58. The van der Waals surface area contributed by atoms with Crippen LogP contribution in [0.4, 0.5) is 5.69 Å². The molecule has 10 heteroatoms. The number of piperidine rings is 1. The van der Waals surface area contributed by atoms with E-state index in [1.54, 1.807) is 50.6 Å². The van der Waals surface area contributed by atoms with Gasteiger partial charge in [0.25, 0.3) is 0 Å². The van der Waals surface area contributed by atoms with Gasteiger partial charge in [0.15, 0.2) is 11.5 Å². The lowest BCUT2D eigenvalue weighted by Gasteiger charge is -2.30. The molecule has 1 atom stereocenters. The average Bonchev–Trinajstić information content (AvgIpc) is 3.41. The monoisotopic (exact) mass is 522 g/mol. The van der Waals surface area contributed by atoms with Gasteiger partial charge in [-0.1, -0.05) is 18.5 Å². The van der Waals surface area contributed by atoms with Gasteiger partial charge in [0.2, 0.25) is 17.6 Å². The van der Waals surface area contributed by atoms with E-state index in [0.717, 1.165) is 37.8 Å². The van der Waals surface area contributed by atoms with Gasteiger partial charge in [-0.2, -0.15) is 4.98 Å². The lowest BCUT2D eigenvalue weighted by Crippen LogP contribution is -2.40. The zero-order chi connectivity index (χ0) is 26.9. The van der Waals surface area contributed by atoms with Gasteiger partial charge in [0.1, 0.15) is 0 Å². The number of likely N-dealkylation sites (tertiary alicyclic amines) is 1. The highest BCUT2D eigenvalue weighted by molar-refractivity contribution is 5.94. The van der Waals surface area contributed by atoms with Crippen molar-refractivity contribution in [2.75, 3.05) is 39.2 Å². The van der Waals surface area contributed by atoms with Gasteiger partial charge in [0, 0.05) is 17.8 Å².